The molecule has 2 amide bonds. The van der Waals surface area contributed by atoms with Crippen molar-refractivity contribution >= 4 is 17.5 Å². The molecule has 0 bridgehead atoms. The van der Waals surface area contributed by atoms with E-state index in [2.05, 4.69) is 41.8 Å². The van der Waals surface area contributed by atoms with Crippen molar-refractivity contribution in [3.05, 3.63) is 65.2 Å². The van der Waals surface area contributed by atoms with Gasteiger partial charge in [-0.05, 0) is 50.3 Å². The first kappa shape index (κ1) is 19.8. The highest BCUT2D eigenvalue weighted by Gasteiger charge is 2.56. The van der Waals surface area contributed by atoms with Crippen molar-refractivity contribution in [2.24, 2.45) is 0 Å². The van der Waals surface area contributed by atoms with Crippen molar-refractivity contribution < 1.29 is 14.3 Å². The van der Waals surface area contributed by atoms with E-state index in [1.54, 1.807) is 0 Å². The molecule has 2 spiro atoms. The minimum Gasteiger partial charge on any atom is -0.370 e. The summed E-state index contributed by atoms with van der Waals surface area (Å²) < 4.78 is 6.35. The van der Waals surface area contributed by atoms with Crippen molar-refractivity contribution in [3.63, 3.8) is 0 Å². The number of para-hydroxylation sites is 1. The van der Waals surface area contributed by atoms with E-state index in [9.17, 15) is 9.59 Å². The van der Waals surface area contributed by atoms with Crippen LogP contribution < -0.4 is 10.6 Å². The lowest BCUT2D eigenvalue weighted by Gasteiger charge is -2.41. The molecule has 2 N–H and O–H groups in total. The SMILES string of the molecule is Cc1ccc(C2(C(=O)N3CCC4(CC3)C[C@@]3(CO4)NC(=O)c4ccccc4N3)CC2)cc1. The molecule has 1 aliphatic carbocycles. The number of nitrogens with zero attached hydrogens (tertiary/aromatic N) is 1. The quantitative estimate of drug-likeness (QED) is 0.765. The van der Waals surface area contributed by atoms with Crippen LogP contribution in [0, 0.1) is 6.92 Å². The Balaban J connectivity index is 1.14. The van der Waals surface area contributed by atoms with Gasteiger partial charge < -0.3 is 20.3 Å². The van der Waals surface area contributed by atoms with Crippen LogP contribution in [0.3, 0.4) is 0 Å². The molecule has 4 aliphatic rings. The van der Waals surface area contributed by atoms with Crippen molar-refractivity contribution in [2.75, 3.05) is 25.0 Å². The number of amides is 2. The van der Waals surface area contributed by atoms with Crippen LogP contribution in [0.1, 0.15) is 53.6 Å². The molecular weight excluding hydrogens is 402 g/mol. The first-order valence-corrected chi connectivity index (χ1v) is 11.6. The van der Waals surface area contributed by atoms with Crippen LogP contribution in [0.25, 0.3) is 0 Å². The third kappa shape index (κ3) is 3.04. The van der Waals surface area contributed by atoms with E-state index in [1.165, 1.54) is 5.56 Å². The number of hydrogen-bond acceptors (Lipinski definition) is 4. The van der Waals surface area contributed by atoms with Gasteiger partial charge in [0.05, 0.1) is 23.2 Å². The van der Waals surface area contributed by atoms with Crippen LogP contribution in [0.5, 0.6) is 0 Å². The molecule has 32 heavy (non-hydrogen) atoms. The minimum atomic E-state index is -0.572. The molecular formula is C26H29N3O3. The predicted octanol–water partition coefficient (Wildman–Crippen LogP) is 3.36. The van der Waals surface area contributed by atoms with E-state index >= 15 is 0 Å². The van der Waals surface area contributed by atoms with Gasteiger partial charge in [0.2, 0.25) is 5.91 Å². The van der Waals surface area contributed by atoms with Crippen molar-refractivity contribution in [1.29, 1.82) is 0 Å². The van der Waals surface area contributed by atoms with Crippen LogP contribution >= 0.6 is 0 Å². The second-order valence-electron chi connectivity index (χ2n) is 10.1. The fraction of sp³-hybridized carbons (Fsp3) is 0.462. The molecule has 166 valence electrons. The average Bonchev–Trinajstić information content (AvgIpc) is 3.54. The van der Waals surface area contributed by atoms with E-state index in [4.69, 9.17) is 4.74 Å². The maximum Gasteiger partial charge on any atom is 0.255 e. The number of anilines is 1. The van der Waals surface area contributed by atoms with Crippen molar-refractivity contribution in [3.8, 4) is 0 Å². The molecule has 0 aromatic heterocycles. The number of nitrogens with one attached hydrogen (secondary N) is 2. The lowest BCUT2D eigenvalue weighted by atomic mass is 9.83. The Morgan fingerprint density at radius 1 is 0.969 bits per heavy atom. The summed E-state index contributed by atoms with van der Waals surface area (Å²) in [4.78, 5) is 28.2. The molecule has 0 unspecified atom stereocenters. The number of rotatable bonds is 2. The molecule has 1 saturated carbocycles. The zero-order chi connectivity index (χ0) is 22.0. The largest absolute Gasteiger partial charge is 0.370 e. The highest BCUT2D eigenvalue weighted by molar-refractivity contribution is 6.02. The predicted molar refractivity (Wildman–Crippen MR) is 121 cm³/mol. The molecule has 0 radical (unpaired) electrons. The molecule has 6 nitrogen and oxygen atoms in total. The number of carbonyl (C=O) groups excluding carboxylic acids is 2. The van der Waals surface area contributed by atoms with Gasteiger partial charge in [-0.2, -0.15) is 0 Å². The number of piperidine rings is 1. The van der Waals surface area contributed by atoms with Crippen molar-refractivity contribution in [2.45, 2.75) is 55.7 Å². The first-order chi connectivity index (χ1) is 15.4. The molecule has 3 aliphatic heterocycles. The number of ether oxygens (including phenoxy) is 1. The maximum absolute atomic E-state index is 13.5. The van der Waals surface area contributed by atoms with E-state index in [1.807, 2.05) is 29.2 Å². The van der Waals surface area contributed by atoms with Crippen LogP contribution in [0.2, 0.25) is 0 Å². The molecule has 2 aromatic carbocycles. The van der Waals surface area contributed by atoms with Crippen molar-refractivity contribution in [1.82, 2.24) is 10.2 Å². The van der Waals surface area contributed by atoms with Crippen LogP contribution in [-0.4, -0.2) is 47.7 Å². The molecule has 2 aromatic rings. The van der Waals surface area contributed by atoms with E-state index in [0.29, 0.717) is 31.7 Å². The summed E-state index contributed by atoms with van der Waals surface area (Å²) in [6, 6.07) is 16.0. The van der Waals surface area contributed by atoms with Gasteiger partial charge in [-0.15, -0.1) is 0 Å². The number of fused-ring (bicyclic) bond motifs is 1. The normalized spacial score (nSPS) is 27.0. The Kier molecular flexibility index (Phi) is 4.22. The van der Waals surface area contributed by atoms with Gasteiger partial charge in [-0.1, -0.05) is 42.0 Å². The third-order valence-electron chi connectivity index (χ3n) is 7.87. The van der Waals surface area contributed by atoms with Gasteiger partial charge in [-0.3, -0.25) is 9.59 Å². The Labute approximate surface area is 188 Å². The fourth-order valence-corrected chi connectivity index (χ4v) is 5.82. The summed E-state index contributed by atoms with van der Waals surface area (Å²) in [6.07, 6.45) is 4.18. The van der Waals surface area contributed by atoms with E-state index in [0.717, 1.165) is 36.9 Å². The number of carbonyl (C=O) groups is 2. The molecule has 1 atom stereocenters. The summed E-state index contributed by atoms with van der Waals surface area (Å²) in [5.41, 5.74) is 2.70. The number of benzene rings is 2. The molecule has 6 rings (SSSR count). The lowest BCUT2D eigenvalue weighted by molar-refractivity contribution is -0.138. The summed E-state index contributed by atoms with van der Waals surface area (Å²) in [7, 11) is 0. The highest BCUT2D eigenvalue weighted by atomic mass is 16.5. The molecule has 6 heteroatoms. The van der Waals surface area contributed by atoms with Crippen LogP contribution in [0.4, 0.5) is 5.69 Å². The minimum absolute atomic E-state index is 0.0543. The van der Waals surface area contributed by atoms with Gasteiger partial charge in [-0.25, -0.2) is 0 Å². The maximum atomic E-state index is 13.5. The van der Waals surface area contributed by atoms with E-state index in [-0.39, 0.29) is 22.8 Å². The van der Waals surface area contributed by atoms with Gasteiger partial charge in [0.15, 0.2) is 0 Å². The molecule has 3 fully saturated rings. The summed E-state index contributed by atoms with van der Waals surface area (Å²) >= 11 is 0. The fourth-order valence-electron chi connectivity index (χ4n) is 5.82. The van der Waals surface area contributed by atoms with Crippen LogP contribution in [-0.2, 0) is 14.9 Å². The summed E-state index contributed by atoms with van der Waals surface area (Å²) in [5.74, 6) is 0.211. The zero-order valence-corrected chi connectivity index (χ0v) is 18.4. The second-order valence-corrected chi connectivity index (χ2v) is 10.1. The van der Waals surface area contributed by atoms with Gasteiger partial charge in [0.25, 0.3) is 5.91 Å². The van der Waals surface area contributed by atoms with Gasteiger partial charge in [0, 0.05) is 25.2 Å². The number of hydrogen-bond donors (Lipinski definition) is 2. The van der Waals surface area contributed by atoms with E-state index < -0.39 is 5.66 Å². The topological polar surface area (TPSA) is 70.7 Å². The highest BCUT2D eigenvalue weighted by Crippen LogP contribution is 2.51. The number of likely N-dealkylation sites (tertiary alicyclic amines) is 1. The molecule has 3 heterocycles. The lowest BCUT2D eigenvalue weighted by Crippen LogP contribution is -2.59. The Morgan fingerprint density at radius 3 is 2.41 bits per heavy atom. The summed E-state index contributed by atoms with van der Waals surface area (Å²) in [5, 5.41) is 6.69. The van der Waals surface area contributed by atoms with Gasteiger partial charge in [0.1, 0.15) is 5.66 Å². The van der Waals surface area contributed by atoms with Crippen LogP contribution in [0.15, 0.2) is 48.5 Å². The summed E-state index contributed by atoms with van der Waals surface area (Å²) in [6.45, 7) is 3.92. The number of aryl methyl sites for hydroxylation is 1. The zero-order valence-electron chi connectivity index (χ0n) is 18.4. The Hall–Kier alpha value is -2.86. The molecule has 2 saturated heterocycles. The second kappa shape index (κ2) is 6.82. The smallest absolute Gasteiger partial charge is 0.255 e. The monoisotopic (exact) mass is 431 g/mol. The third-order valence-corrected chi connectivity index (χ3v) is 7.87. The Bertz CT molecular complexity index is 1080. The Morgan fingerprint density at radius 2 is 1.69 bits per heavy atom. The average molecular weight is 432 g/mol. The standard InChI is InChI=1S/C26H29N3O3/c1-18-6-8-19(9-7-18)25(10-11-25)23(31)29-14-12-24(13-15-29)16-26(17-32-24)27-21-5-3-2-4-20(21)22(30)28-26/h2-9,27H,10-17H2,1H3,(H,28,30)/t26-/m0/s1. The van der Waals surface area contributed by atoms with Gasteiger partial charge >= 0.3 is 0 Å². The first-order valence-electron chi connectivity index (χ1n) is 11.6.